The zero-order chi connectivity index (χ0) is 25.9. The molecule has 2 N–H and O–H groups in total. The maximum Gasteiger partial charge on any atom is 0.262 e. The Labute approximate surface area is 218 Å². The molecule has 2 aromatic carbocycles. The van der Waals surface area contributed by atoms with E-state index in [2.05, 4.69) is 20.8 Å². The van der Waals surface area contributed by atoms with Crippen molar-refractivity contribution in [1.29, 1.82) is 0 Å². The lowest BCUT2D eigenvalue weighted by atomic mass is 10.1. The second kappa shape index (κ2) is 10.8. The van der Waals surface area contributed by atoms with E-state index in [1.165, 1.54) is 11.8 Å². The summed E-state index contributed by atoms with van der Waals surface area (Å²) in [6.07, 6.45) is 4.97. The number of rotatable bonds is 8. The first-order valence-electron chi connectivity index (χ1n) is 12.7. The predicted octanol–water partition coefficient (Wildman–Crippen LogP) is 4.17. The number of nitrogens with one attached hydrogen (secondary N) is 2. The van der Waals surface area contributed by atoms with E-state index in [0.29, 0.717) is 33.9 Å². The number of carbonyl (C=O) groups is 2. The molecule has 1 fully saturated rings. The van der Waals surface area contributed by atoms with Crippen LogP contribution in [0.3, 0.4) is 0 Å². The Hall–Kier alpha value is -3.66. The molecule has 192 valence electrons. The molecule has 4 aromatic rings. The number of thioether (sulfide) groups is 1. The summed E-state index contributed by atoms with van der Waals surface area (Å²) in [7, 11) is 0. The van der Waals surface area contributed by atoms with Gasteiger partial charge in [0, 0.05) is 23.8 Å². The summed E-state index contributed by atoms with van der Waals surface area (Å²) >= 11 is 1.24. The van der Waals surface area contributed by atoms with Crippen LogP contribution < -0.4 is 16.2 Å². The lowest BCUT2D eigenvalue weighted by Gasteiger charge is -2.14. The van der Waals surface area contributed by atoms with Gasteiger partial charge in [0.15, 0.2) is 5.16 Å². The molecule has 37 heavy (non-hydrogen) atoms. The minimum absolute atomic E-state index is 0.116. The maximum absolute atomic E-state index is 13.3. The van der Waals surface area contributed by atoms with E-state index < -0.39 is 0 Å². The molecular weight excluding hydrogens is 488 g/mol. The van der Waals surface area contributed by atoms with Crippen LogP contribution >= 0.6 is 11.8 Å². The predicted molar refractivity (Wildman–Crippen MR) is 145 cm³/mol. The van der Waals surface area contributed by atoms with Crippen LogP contribution in [0, 0.1) is 6.92 Å². The number of fused-ring (bicyclic) bond motifs is 3. The summed E-state index contributed by atoms with van der Waals surface area (Å²) < 4.78 is 3.38. The van der Waals surface area contributed by atoms with Crippen LogP contribution in [0.1, 0.15) is 54.9 Å². The third-order valence-electron chi connectivity index (χ3n) is 6.72. The molecule has 5 rings (SSSR count). The average Bonchev–Trinajstić information content (AvgIpc) is 3.56. The van der Waals surface area contributed by atoms with Gasteiger partial charge >= 0.3 is 0 Å². The summed E-state index contributed by atoms with van der Waals surface area (Å²) in [5.74, 6) is 0.193. The molecule has 0 bridgehead atoms. The molecule has 0 aliphatic heterocycles. The van der Waals surface area contributed by atoms with Gasteiger partial charge in [0.25, 0.3) is 11.5 Å². The van der Waals surface area contributed by atoms with Crippen molar-refractivity contribution in [1.82, 2.24) is 24.5 Å². The zero-order valence-corrected chi connectivity index (χ0v) is 21.8. The number of benzene rings is 2. The molecule has 2 amide bonds. The smallest absolute Gasteiger partial charge is 0.262 e. The molecule has 10 heteroatoms. The number of hydrogen-bond donors (Lipinski definition) is 2. The summed E-state index contributed by atoms with van der Waals surface area (Å²) in [5, 5.41) is 15.6. The minimum atomic E-state index is -0.173. The van der Waals surface area contributed by atoms with Crippen molar-refractivity contribution < 1.29 is 9.59 Å². The van der Waals surface area contributed by atoms with Crippen molar-refractivity contribution in [3.8, 4) is 0 Å². The number of aryl methyl sites for hydroxylation is 2. The van der Waals surface area contributed by atoms with E-state index in [4.69, 9.17) is 0 Å². The number of hydrogen-bond acceptors (Lipinski definition) is 6. The van der Waals surface area contributed by atoms with Gasteiger partial charge in [0.2, 0.25) is 11.7 Å². The molecule has 9 nitrogen and oxygen atoms in total. The third-order valence-corrected chi connectivity index (χ3v) is 7.65. The van der Waals surface area contributed by atoms with Crippen molar-refractivity contribution >= 4 is 45.9 Å². The number of anilines is 1. The van der Waals surface area contributed by atoms with Crippen LogP contribution in [0.5, 0.6) is 0 Å². The number of aromatic nitrogens is 4. The fraction of sp³-hybridized carbons (Fsp3) is 0.370. The maximum atomic E-state index is 13.3. The highest BCUT2D eigenvalue weighted by atomic mass is 32.2. The standard InChI is InChI=1S/C27H30N6O3S/c1-3-14-32-25(36)20-13-12-18(24(35)28-19-9-5-6-10-19)15-22(20)33-26(32)30-31-27(33)37-16-23(34)29-21-11-7-4-8-17(21)2/h4,7-8,11-13,15,19H,3,5-6,9-10,14,16H2,1-2H3,(H,28,35)(H,29,34). The normalized spacial score (nSPS) is 13.9. The Morgan fingerprint density at radius 2 is 1.89 bits per heavy atom. The van der Waals surface area contributed by atoms with Crippen molar-refractivity contribution in [3.63, 3.8) is 0 Å². The second-order valence-electron chi connectivity index (χ2n) is 9.41. The average molecular weight is 519 g/mol. The van der Waals surface area contributed by atoms with Gasteiger partial charge in [-0.05, 0) is 56.0 Å². The van der Waals surface area contributed by atoms with Crippen molar-refractivity contribution in [2.75, 3.05) is 11.1 Å². The van der Waals surface area contributed by atoms with Gasteiger partial charge in [-0.2, -0.15) is 0 Å². The fourth-order valence-corrected chi connectivity index (χ4v) is 5.55. The molecule has 2 aromatic heterocycles. The largest absolute Gasteiger partial charge is 0.349 e. The molecule has 0 radical (unpaired) electrons. The Morgan fingerprint density at radius 3 is 2.65 bits per heavy atom. The lowest BCUT2D eigenvalue weighted by molar-refractivity contribution is -0.113. The van der Waals surface area contributed by atoms with Crippen molar-refractivity contribution in [3.05, 3.63) is 63.9 Å². The van der Waals surface area contributed by atoms with Crippen LogP contribution in [-0.4, -0.2) is 42.8 Å². The van der Waals surface area contributed by atoms with E-state index in [-0.39, 0.29) is 29.2 Å². The number of nitrogens with zero attached hydrogens (tertiary/aromatic N) is 4. The van der Waals surface area contributed by atoms with Crippen LogP contribution in [0.2, 0.25) is 0 Å². The third kappa shape index (κ3) is 5.11. The minimum Gasteiger partial charge on any atom is -0.349 e. The van der Waals surface area contributed by atoms with E-state index in [9.17, 15) is 14.4 Å². The molecule has 0 unspecified atom stereocenters. The zero-order valence-electron chi connectivity index (χ0n) is 21.0. The van der Waals surface area contributed by atoms with Gasteiger partial charge in [-0.15, -0.1) is 10.2 Å². The molecule has 1 aliphatic rings. The van der Waals surface area contributed by atoms with Crippen molar-refractivity contribution in [2.45, 2.75) is 63.7 Å². The van der Waals surface area contributed by atoms with Gasteiger partial charge in [-0.3, -0.25) is 23.4 Å². The van der Waals surface area contributed by atoms with Crippen LogP contribution in [0.15, 0.2) is 52.4 Å². The molecular formula is C27H30N6O3S. The highest BCUT2D eigenvalue weighted by Crippen LogP contribution is 2.24. The fourth-order valence-electron chi connectivity index (χ4n) is 4.81. The summed E-state index contributed by atoms with van der Waals surface area (Å²) in [6, 6.07) is 12.9. The SMILES string of the molecule is CCCn1c(=O)c2ccc(C(=O)NC3CCCC3)cc2n2c(SCC(=O)Nc3ccccc3C)nnc12. The monoisotopic (exact) mass is 518 g/mol. The Balaban J connectivity index is 1.50. The Morgan fingerprint density at radius 1 is 1.11 bits per heavy atom. The van der Waals surface area contributed by atoms with Gasteiger partial charge in [-0.25, -0.2) is 0 Å². The lowest BCUT2D eigenvalue weighted by Crippen LogP contribution is -2.32. The Bertz CT molecular complexity index is 1540. The van der Waals surface area contributed by atoms with Gasteiger partial charge in [0.1, 0.15) is 0 Å². The first kappa shape index (κ1) is 25.0. The first-order valence-corrected chi connectivity index (χ1v) is 13.7. The summed E-state index contributed by atoms with van der Waals surface area (Å²) in [5.41, 5.74) is 2.60. The van der Waals surface area contributed by atoms with E-state index in [1.807, 2.05) is 38.1 Å². The number of para-hydroxylation sites is 1. The number of amides is 2. The van der Waals surface area contributed by atoms with Gasteiger partial charge in [0.05, 0.1) is 16.7 Å². The van der Waals surface area contributed by atoms with Crippen LogP contribution in [0.4, 0.5) is 5.69 Å². The van der Waals surface area contributed by atoms with Crippen LogP contribution in [0.25, 0.3) is 16.7 Å². The molecule has 0 saturated heterocycles. The molecule has 0 spiro atoms. The molecule has 0 atom stereocenters. The summed E-state index contributed by atoms with van der Waals surface area (Å²) in [4.78, 5) is 39.0. The second-order valence-corrected chi connectivity index (χ2v) is 10.4. The van der Waals surface area contributed by atoms with Crippen LogP contribution in [-0.2, 0) is 11.3 Å². The van der Waals surface area contributed by atoms with Gasteiger partial charge in [-0.1, -0.05) is 49.7 Å². The highest BCUT2D eigenvalue weighted by Gasteiger charge is 2.21. The van der Waals surface area contributed by atoms with E-state index in [0.717, 1.165) is 43.4 Å². The first-order chi connectivity index (χ1) is 18.0. The van der Waals surface area contributed by atoms with Crippen molar-refractivity contribution in [2.24, 2.45) is 0 Å². The Kier molecular flexibility index (Phi) is 7.27. The van der Waals surface area contributed by atoms with Gasteiger partial charge < -0.3 is 10.6 Å². The van der Waals surface area contributed by atoms with E-state index >= 15 is 0 Å². The summed E-state index contributed by atoms with van der Waals surface area (Å²) in [6.45, 7) is 4.42. The molecule has 1 saturated carbocycles. The molecule has 1 aliphatic carbocycles. The molecule has 2 heterocycles. The number of carbonyl (C=O) groups excluding carboxylic acids is 2. The van der Waals surface area contributed by atoms with E-state index in [1.54, 1.807) is 27.2 Å². The highest BCUT2D eigenvalue weighted by molar-refractivity contribution is 7.99. The topological polar surface area (TPSA) is 110 Å². The quantitative estimate of drug-likeness (QED) is 0.339.